The largest absolute Gasteiger partial charge is 0.351 e. The van der Waals surface area contributed by atoms with Gasteiger partial charge in [-0.05, 0) is 82.3 Å². The number of anilines is 7. The molecule has 0 aliphatic heterocycles. The van der Waals surface area contributed by atoms with E-state index in [1.165, 1.54) is 61.0 Å². The van der Waals surface area contributed by atoms with E-state index in [2.05, 4.69) is 62.7 Å². The van der Waals surface area contributed by atoms with Gasteiger partial charge in [0, 0.05) is 132 Å². The van der Waals surface area contributed by atoms with Crippen molar-refractivity contribution >= 4 is 93.1 Å². The zero-order chi connectivity index (χ0) is 62.8. The quantitative estimate of drug-likeness (QED) is 0.0349. The van der Waals surface area contributed by atoms with Gasteiger partial charge in [0.1, 0.15) is 34.2 Å². The van der Waals surface area contributed by atoms with Gasteiger partial charge in [-0.3, -0.25) is 43.2 Å². The molecule has 0 fully saturated rings. The van der Waals surface area contributed by atoms with Crippen molar-refractivity contribution in [2.75, 3.05) is 77.0 Å². The van der Waals surface area contributed by atoms with Gasteiger partial charge in [-0.2, -0.15) is 0 Å². The molecule has 0 saturated heterocycles. The van der Waals surface area contributed by atoms with Crippen LogP contribution in [-0.2, 0) is 61.2 Å². The van der Waals surface area contributed by atoms with Crippen LogP contribution in [0.3, 0.4) is 0 Å². The Bertz CT molecular complexity index is 3910. The maximum absolute atomic E-state index is 13.5. The van der Waals surface area contributed by atoms with Gasteiger partial charge in [0.15, 0.2) is 11.6 Å². The number of nitrogens with two attached hydrogens (primary N) is 1. The zero-order valence-electron chi connectivity index (χ0n) is 49.7. The van der Waals surface area contributed by atoms with E-state index in [9.17, 15) is 43.2 Å². The normalized spacial score (nSPS) is 11.1. The van der Waals surface area contributed by atoms with E-state index in [-0.39, 0.29) is 76.9 Å². The second kappa shape index (κ2) is 27.3. The third-order valence-electron chi connectivity index (χ3n) is 14.0. The Balaban J connectivity index is 0.752. The number of amides is 9. The predicted octanol–water partition coefficient (Wildman–Crippen LogP) is 3.25. The number of rotatable bonds is 26. The van der Waals surface area contributed by atoms with Gasteiger partial charge in [0.05, 0.1) is 34.1 Å². The predicted molar refractivity (Wildman–Crippen MR) is 325 cm³/mol. The van der Waals surface area contributed by atoms with Crippen molar-refractivity contribution < 1.29 is 43.2 Å². The maximum atomic E-state index is 13.5. The summed E-state index contributed by atoms with van der Waals surface area (Å²) in [5, 5.41) is 25.0. The van der Waals surface area contributed by atoms with Crippen LogP contribution in [0.15, 0.2) is 92.2 Å². The summed E-state index contributed by atoms with van der Waals surface area (Å²) in [7, 11) is 15.2. The second-order valence-corrected chi connectivity index (χ2v) is 21.0. The molecule has 9 amide bonds. The van der Waals surface area contributed by atoms with Crippen molar-refractivity contribution in [2.24, 2.45) is 62.1 Å². The average molecular weight is 1190 g/mol. The molecule has 0 saturated carbocycles. The van der Waals surface area contributed by atoms with Gasteiger partial charge in [-0.1, -0.05) is 0 Å². The first kappa shape index (κ1) is 62.3. The summed E-state index contributed by atoms with van der Waals surface area (Å²) in [5.41, 5.74) is 9.18. The fraction of sp³-hybridized carbons (Fsp3) is 0.316. The lowest BCUT2D eigenvalue weighted by Gasteiger charge is -2.15. The number of carbonyl (C=O) groups excluding carboxylic acids is 9. The van der Waals surface area contributed by atoms with Crippen LogP contribution in [-0.4, -0.2) is 144 Å². The lowest BCUT2D eigenvalue weighted by Crippen LogP contribution is -2.30. The molecular weight excluding hydrogens is 1120 g/mol. The minimum Gasteiger partial charge on any atom is -0.351 e. The van der Waals surface area contributed by atoms with E-state index in [1.54, 1.807) is 124 Å². The highest BCUT2D eigenvalue weighted by Crippen LogP contribution is 2.23. The molecule has 30 heteroatoms. The smallest absolute Gasteiger partial charge is 0.291 e. The number of hydrogen-bond acceptors (Lipinski definition) is 13. The number of hydrogen-bond donors (Lipinski definition) is 10. The highest BCUT2D eigenvalue weighted by atomic mass is 16.2. The topological polar surface area (TPSA) is 356 Å². The van der Waals surface area contributed by atoms with Crippen molar-refractivity contribution in [1.29, 1.82) is 0 Å². The molecule has 0 atom stereocenters. The summed E-state index contributed by atoms with van der Waals surface area (Å²) in [4.78, 5) is 129. The number of carbonyl (C=O) groups is 9. The van der Waals surface area contributed by atoms with E-state index < -0.39 is 47.3 Å². The van der Waals surface area contributed by atoms with Crippen LogP contribution >= 0.6 is 0 Å². The van der Waals surface area contributed by atoms with Gasteiger partial charge in [0.2, 0.25) is 11.7 Å². The van der Waals surface area contributed by atoms with Gasteiger partial charge >= 0.3 is 0 Å². The van der Waals surface area contributed by atoms with Crippen LogP contribution in [0, 0.1) is 0 Å². The van der Waals surface area contributed by atoms with E-state index in [0.29, 0.717) is 47.2 Å². The van der Waals surface area contributed by atoms with E-state index >= 15 is 0 Å². The minimum absolute atomic E-state index is 0.00107. The molecule has 87 heavy (non-hydrogen) atoms. The lowest BCUT2D eigenvalue weighted by atomic mass is 10.3. The molecule has 8 aromatic rings. The highest BCUT2D eigenvalue weighted by molar-refractivity contribution is 6.10. The Kier molecular flexibility index (Phi) is 19.6. The number of aromatic nitrogens is 10. The van der Waals surface area contributed by atoms with Crippen LogP contribution in [0.1, 0.15) is 110 Å². The van der Waals surface area contributed by atoms with Crippen LogP contribution in [0.25, 0.3) is 0 Å². The lowest BCUT2D eigenvalue weighted by molar-refractivity contribution is -0.116. The average Bonchev–Trinajstić information content (AvgIpc) is 3.35. The van der Waals surface area contributed by atoms with Gasteiger partial charge in [-0.15, -0.1) is 0 Å². The van der Waals surface area contributed by atoms with Crippen LogP contribution in [0.5, 0.6) is 0 Å². The van der Waals surface area contributed by atoms with Crippen molar-refractivity contribution in [3.8, 4) is 0 Å². The maximum Gasteiger partial charge on any atom is 0.291 e. The number of nitrogens with one attached hydrogen (secondary N) is 9. The van der Waals surface area contributed by atoms with Crippen molar-refractivity contribution in [3.05, 3.63) is 138 Å². The Labute approximate surface area is 499 Å². The second-order valence-electron chi connectivity index (χ2n) is 21.0. The van der Waals surface area contributed by atoms with Crippen LogP contribution in [0.4, 0.5) is 39.9 Å². The van der Waals surface area contributed by atoms with E-state index in [1.807, 2.05) is 7.05 Å². The molecule has 0 bridgehead atoms. The van der Waals surface area contributed by atoms with Gasteiger partial charge in [0.25, 0.3) is 47.3 Å². The summed E-state index contributed by atoms with van der Waals surface area (Å²) in [6.07, 6.45) is 16.0. The summed E-state index contributed by atoms with van der Waals surface area (Å²) < 4.78 is 12.3. The molecule has 458 valence electrons. The monoisotopic (exact) mass is 1190 g/mol. The minimum atomic E-state index is -0.620. The molecule has 8 heterocycles. The molecule has 0 radical (unpaired) electrons. The molecular formula is C57H71N21O9. The van der Waals surface area contributed by atoms with Crippen molar-refractivity contribution in [1.82, 2.24) is 62.0 Å². The number of nitrogens with zero attached hydrogens (tertiary/aromatic N) is 11. The summed E-state index contributed by atoms with van der Waals surface area (Å²) >= 11 is 0. The summed E-state index contributed by atoms with van der Waals surface area (Å²) in [5.74, 6) is -3.89. The first-order valence-corrected chi connectivity index (χ1v) is 27.6. The Morgan fingerprint density at radius 3 is 1.13 bits per heavy atom. The van der Waals surface area contributed by atoms with E-state index in [4.69, 9.17) is 5.73 Å². The Hall–Kier alpha value is -10.8. The summed E-state index contributed by atoms with van der Waals surface area (Å²) in [6, 6.07) is 9.09. The first-order valence-electron chi connectivity index (χ1n) is 27.6. The van der Waals surface area contributed by atoms with Gasteiger partial charge in [-0.25, -0.2) is 9.97 Å². The van der Waals surface area contributed by atoms with E-state index in [0.717, 1.165) is 25.9 Å². The highest BCUT2D eigenvalue weighted by Gasteiger charge is 2.24. The number of imidazole rings is 2. The molecule has 0 unspecified atom stereocenters. The molecule has 8 rings (SSSR count). The fourth-order valence-electron chi connectivity index (χ4n) is 9.49. The molecule has 30 nitrogen and oxygen atoms in total. The Morgan fingerprint density at radius 1 is 0.414 bits per heavy atom. The molecule has 8 aromatic heterocycles. The number of aryl methyl sites for hydroxylation is 8. The van der Waals surface area contributed by atoms with Crippen molar-refractivity contribution in [3.63, 3.8) is 0 Å². The molecule has 11 N–H and O–H groups in total. The van der Waals surface area contributed by atoms with Crippen molar-refractivity contribution in [2.45, 2.75) is 25.7 Å². The standard InChI is InChI=1S/C57H71N21O9/c1-70(18-11-14-58)19-12-16-61-51(81)41-22-35(28-73(41)4)63-53(83)43-24-37(30-75(43)6)65-55(85)45-26-39(32-77(45)8)67-57(87)49-69-46(33-78(49)9)68-47(79)13-10-15-60-50(80)40-21-34(27-72(40)3)62-52(82)42-23-36(29-74(42)5)64-54(84)44-25-38(31-76(44)7)66-56(86)48-59-17-20-71(48)2/h17,20-33H,10-16,18-19,58H2,1-9H3,(H,60,80)(H,61,81)(H,62,82)(H,63,83)(H,64,84)(H,65,85)(H,66,86)(H,67,87)(H,68,79). The van der Waals surface area contributed by atoms with Crippen LogP contribution < -0.4 is 53.6 Å². The fourth-order valence-corrected chi connectivity index (χ4v) is 9.49. The molecule has 0 aliphatic carbocycles. The van der Waals surface area contributed by atoms with Gasteiger partial charge < -0.3 is 95.0 Å². The third-order valence-corrected chi connectivity index (χ3v) is 14.0. The molecule has 0 aliphatic rings. The third kappa shape index (κ3) is 15.5. The Morgan fingerprint density at radius 2 is 0.759 bits per heavy atom. The summed E-state index contributed by atoms with van der Waals surface area (Å²) in [6.45, 7) is 2.95. The molecule has 0 aromatic carbocycles. The zero-order valence-corrected chi connectivity index (χ0v) is 49.7. The first-order chi connectivity index (χ1) is 41.4. The van der Waals surface area contributed by atoms with Crippen LogP contribution in [0.2, 0.25) is 0 Å². The SMILES string of the molecule is CN(CCCN)CCCNC(=O)c1cc(NC(=O)c2cc(NC(=O)c3cc(NC(=O)c4nc(NC(=O)CCCNC(=O)c5cc(NC(=O)c6cc(NC(=O)c7cc(NC(=O)c8nccn8C)cn7C)cn6C)cn5C)cn4C)cn3C)cn2C)cn1C. The molecule has 0 spiro atoms.